The molecule has 1 saturated heterocycles. The molecule has 0 spiro atoms. The molecule has 8 heteroatoms. The molecule has 2 amide bonds. The highest BCUT2D eigenvalue weighted by Crippen LogP contribution is 2.33. The highest BCUT2D eigenvalue weighted by atomic mass is 35.5. The van der Waals surface area contributed by atoms with Gasteiger partial charge in [0.2, 0.25) is 5.91 Å². The zero-order valence-corrected chi connectivity index (χ0v) is 18.2. The molecule has 2 aromatic carbocycles. The summed E-state index contributed by atoms with van der Waals surface area (Å²) in [6, 6.07) is 10.7. The van der Waals surface area contributed by atoms with Crippen LogP contribution < -0.4 is 0 Å². The Balaban J connectivity index is 1.60. The van der Waals surface area contributed by atoms with E-state index in [1.807, 2.05) is 6.92 Å². The maximum Gasteiger partial charge on any atom is 0.253 e. The number of halogens is 3. The standard InChI is InChI=1S/C21H21Cl2FN2O2S/c1-14(29-19-13-16(22)5-8-18(19)23)20(27)25-9-2-10-26(12-11-25)21(28)15-3-6-17(24)7-4-15/h3-8,13-14H,2,9-12H2,1H3. The predicted molar refractivity (Wildman–Crippen MR) is 115 cm³/mol. The van der Waals surface area contributed by atoms with Gasteiger partial charge in [0, 0.05) is 41.7 Å². The van der Waals surface area contributed by atoms with Gasteiger partial charge in [-0.1, -0.05) is 23.2 Å². The van der Waals surface area contributed by atoms with E-state index in [0.717, 1.165) is 4.90 Å². The van der Waals surface area contributed by atoms with Gasteiger partial charge >= 0.3 is 0 Å². The Morgan fingerprint density at radius 1 is 1.00 bits per heavy atom. The Kier molecular flexibility index (Phi) is 7.44. The molecular formula is C21H21Cl2FN2O2S. The molecule has 1 aliphatic rings. The third-order valence-corrected chi connectivity index (χ3v) is 6.55. The fourth-order valence-corrected chi connectivity index (χ4v) is 4.68. The molecule has 29 heavy (non-hydrogen) atoms. The van der Waals surface area contributed by atoms with Crippen molar-refractivity contribution in [3.8, 4) is 0 Å². The fraction of sp³-hybridized carbons (Fsp3) is 0.333. The Labute approximate surface area is 184 Å². The molecule has 2 aromatic rings. The molecule has 1 unspecified atom stereocenters. The molecule has 1 atom stereocenters. The third-order valence-electron chi connectivity index (χ3n) is 4.73. The van der Waals surface area contributed by atoms with E-state index in [-0.39, 0.29) is 22.9 Å². The van der Waals surface area contributed by atoms with Crippen molar-refractivity contribution in [3.05, 3.63) is 63.9 Å². The van der Waals surface area contributed by atoms with Gasteiger partial charge in [-0.2, -0.15) is 0 Å². The van der Waals surface area contributed by atoms with Crippen molar-refractivity contribution in [2.75, 3.05) is 26.2 Å². The summed E-state index contributed by atoms with van der Waals surface area (Å²) in [5.41, 5.74) is 0.450. The monoisotopic (exact) mass is 454 g/mol. The number of thioether (sulfide) groups is 1. The molecule has 3 rings (SSSR count). The first-order valence-corrected chi connectivity index (χ1v) is 10.9. The number of hydrogen-bond acceptors (Lipinski definition) is 3. The third kappa shape index (κ3) is 5.65. The summed E-state index contributed by atoms with van der Waals surface area (Å²) in [5.74, 6) is -0.518. The lowest BCUT2D eigenvalue weighted by Crippen LogP contribution is -2.40. The van der Waals surface area contributed by atoms with Crippen LogP contribution >= 0.6 is 35.0 Å². The molecule has 1 fully saturated rings. The first-order chi connectivity index (χ1) is 13.8. The topological polar surface area (TPSA) is 40.6 Å². The Morgan fingerprint density at radius 3 is 2.38 bits per heavy atom. The maximum absolute atomic E-state index is 13.1. The summed E-state index contributed by atoms with van der Waals surface area (Å²) in [5, 5.41) is 0.803. The van der Waals surface area contributed by atoms with Crippen molar-refractivity contribution >= 4 is 46.8 Å². The molecule has 0 bridgehead atoms. The highest BCUT2D eigenvalue weighted by molar-refractivity contribution is 8.00. The minimum atomic E-state index is -0.375. The lowest BCUT2D eigenvalue weighted by atomic mass is 10.2. The van der Waals surface area contributed by atoms with Crippen LogP contribution in [0.3, 0.4) is 0 Å². The van der Waals surface area contributed by atoms with Gasteiger partial charge in [-0.05, 0) is 55.8 Å². The number of amides is 2. The van der Waals surface area contributed by atoms with Crippen LogP contribution in [0.4, 0.5) is 4.39 Å². The van der Waals surface area contributed by atoms with E-state index in [1.54, 1.807) is 28.0 Å². The molecule has 0 radical (unpaired) electrons. The van der Waals surface area contributed by atoms with Crippen molar-refractivity contribution in [2.24, 2.45) is 0 Å². The van der Waals surface area contributed by atoms with E-state index in [0.29, 0.717) is 48.2 Å². The van der Waals surface area contributed by atoms with Crippen LogP contribution in [0.2, 0.25) is 10.0 Å². The minimum absolute atomic E-state index is 0.00197. The van der Waals surface area contributed by atoms with Crippen molar-refractivity contribution in [1.29, 1.82) is 0 Å². The van der Waals surface area contributed by atoms with Crippen molar-refractivity contribution in [2.45, 2.75) is 23.5 Å². The van der Waals surface area contributed by atoms with Crippen LogP contribution in [-0.2, 0) is 4.79 Å². The number of nitrogens with zero attached hydrogens (tertiary/aromatic N) is 2. The number of carbonyl (C=O) groups excluding carboxylic acids is 2. The number of hydrogen-bond donors (Lipinski definition) is 0. The number of carbonyl (C=O) groups is 2. The van der Waals surface area contributed by atoms with Crippen LogP contribution in [0.25, 0.3) is 0 Å². The van der Waals surface area contributed by atoms with Gasteiger partial charge in [0.15, 0.2) is 0 Å². The maximum atomic E-state index is 13.1. The molecule has 0 N–H and O–H groups in total. The first kappa shape index (κ1) is 21.9. The molecule has 1 aliphatic heterocycles. The summed E-state index contributed by atoms with van der Waals surface area (Å²) >= 11 is 13.6. The molecule has 4 nitrogen and oxygen atoms in total. The average molecular weight is 455 g/mol. The van der Waals surface area contributed by atoms with Crippen LogP contribution in [0.15, 0.2) is 47.4 Å². The van der Waals surface area contributed by atoms with Crippen molar-refractivity contribution < 1.29 is 14.0 Å². The van der Waals surface area contributed by atoms with Crippen molar-refractivity contribution in [1.82, 2.24) is 9.80 Å². The van der Waals surface area contributed by atoms with Crippen LogP contribution in [0.1, 0.15) is 23.7 Å². The zero-order chi connectivity index (χ0) is 21.0. The molecule has 0 saturated carbocycles. The second-order valence-corrected chi connectivity index (χ2v) is 9.04. The van der Waals surface area contributed by atoms with Crippen molar-refractivity contribution in [3.63, 3.8) is 0 Å². The normalized spacial score (nSPS) is 15.7. The van der Waals surface area contributed by atoms with Crippen LogP contribution in [-0.4, -0.2) is 53.0 Å². The van der Waals surface area contributed by atoms with Gasteiger partial charge in [-0.3, -0.25) is 9.59 Å². The Hall–Kier alpha value is -1.76. The van der Waals surface area contributed by atoms with E-state index in [4.69, 9.17) is 23.2 Å². The second kappa shape index (κ2) is 9.83. The molecular weight excluding hydrogens is 434 g/mol. The van der Waals surface area contributed by atoms with Gasteiger partial charge < -0.3 is 9.80 Å². The largest absolute Gasteiger partial charge is 0.340 e. The Bertz CT molecular complexity index is 895. The van der Waals surface area contributed by atoms with Crippen LogP contribution in [0, 0.1) is 5.82 Å². The summed E-state index contributed by atoms with van der Waals surface area (Å²) < 4.78 is 13.1. The smallest absolute Gasteiger partial charge is 0.253 e. The van der Waals surface area contributed by atoms with Gasteiger partial charge in [-0.15, -0.1) is 11.8 Å². The zero-order valence-electron chi connectivity index (χ0n) is 15.9. The highest BCUT2D eigenvalue weighted by Gasteiger charge is 2.26. The summed E-state index contributed by atoms with van der Waals surface area (Å²) in [7, 11) is 0. The molecule has 1 heterocycles. The lowest BCUT2D eigenvalue weighted by molar-refractivity contribution is -0.130. The summed E-state index contributed by atoms with van der Waals surface area (Å²) in [4.78, 5) is 29.8. The van der Waals surface area contributed by atoms with E-state index < -0.39 is 0 Å². The van der Waals surface area contributed by atoms with E-state index in [1.165, 1.54) is 36.0 Å². The molecule has 154 valence electrons. The number of rotatable bonds is 4. The quantitative estimate of drug-likeness (QED) is 0.611. The second-order valence-electron chi connectivity index (χ2n) is 6.81. The predicted octanol–water partition coefficient (Wildman–Crippen LogP) is 4.99. The fourth-order valence-electron chi connectivity index (χ4n) is 3.18. The Morgan fingerprint density at radius 2 is 1.66 bits per heavy atom. The SMILES string of the molecule is CC(Sc1cc(Cl)ccc1Cl)C(=O)N1CCCN(C(=O)c2ccc(F)cc2)CC1. The minimum Gasteiger partial charge on any atom is -0.340 e. The van der Waals surface area contributed by atoms with E-state index in [2.05, 4.69) is 0 Å². The van der Waals surface area contributed by atoms with Gasteiger partial charge in [0.1, 0.15) is 5.82 Å². The summed E-state index contributed by atoms with van der Waals surface area (Å²) in [6.07, 6.45) is 0.688. The van der Waals surface area contributed by atoms with Gasteiger partial charge in [-0.25, -0.2) is 4.39 Å². The summed E-state index contributed by atoms with van der Waals surface area (Å²) in [6.45, 7) is 3.88. The average Bonchev–Trinajstić information content (AvgIpc) is 2.96. The van der Waals surface area contributed by atoms with E-state index in [9.17, 15) is 14.0 Å². The van der Waals surface area contributed by atoms with Crippen LogP contribution in [0.5, 0.6) is 0 Å². The van der Waals surface area contributed by atoms with Gasteiger partial charge in [0.05, 0.1) is 10.3 Å². The first-order valence-electron chi connectivity index (χ1n) is 9.30. The molecule has 0 aliphatic carbocycles. The number of benzene rings is 2. The van der Waals surface area contributed by atoms with E-state index >= 15 is 0 Å². The lowest BCUT2D eigenvalue weighted by Gasteiger charge is -2.25. The van der Waals surface area contributed by atoms with Gasteiger partial charge in [0.25, 0.3) is 5.91 Å². The molecule has 0 aromatic heterocycles.